The van der Waals surface area contributed by atoms with Crippen molar-refractivity contribution in [1.82, 2.24) is 10.3 Å². The van der Waals surface area contributed by atoms with Crippen molar-refractivity contribution in [2.75, 3.05) is 13.1 Å². The number of nitrogens with one attached hydrogen (secondary N) is 1. The lowest BCUT2D eigenvalue weighted by atomic mass is 10.0. The van der Waals surface area contributed by atoms with Crippen LogP contribution in [0.4, 0.5) is 0 Å². The average molecular weight is 257 g/mol. The van der Waals surface area contributed by atoms with Crippen LogP contribution >= 0.6 is 11.3 Å². The maximum atomic E-state index is 11.7. The number of aliphatic hydroxyl groups is 1. The quantitative estimate of drug-likeness (QED) is 0.694. The van der Waals surface area contributed by atoms with Crippen LogP contribution in [0.25, 0.3) is 0 Å². The molecule has 6 heteroatoms. The molecule has 0 saturated carbocycles. The monoisotopic (exact) mass is 257 g/mol. The van der Waals surface area contributed by atoms with Crippen molar-refractivity contribution in [2.45, 2.75) is 32.3 Å². The van der Waals surface area contributed by atoms with Crippen LogP contribution < -0.4 is 11.1 Å². The van der Waals surface area contributed by atoms with Gasteiger partial charge in [-0.1, -0.05) is 6.92 Å². The summed E-state index contributed by atoms with van der Waals surface area (Å²) in [5, 5.41) is 15.0. The Morgan fingerprint density at radius 3 is 3.00 bits per heavy atom. The molecular weight excluding hydrogens is 238 g/mol. The van der Waals surface area contributed by atoms with Crippen LogP contribution in [0, 0.1) is 0 Å². The van der Waals surface area contributed by atoms with Crippen LogP contribution in [0.15, 0.2) is 5.38 Å². The summed E-state index contributed by atoms with van der Waals surface area (Å²) >= 11 is 1.43. The molecule has 1 amide bonds. The largest absolute Gasteiger partial charge is 0.388 e. The Bertz CT molecular complexity index is 377. The number of rotatable bonds is 6. The molecule has 5 nitrogen and oxygen atoms in total. The molecule has 0 aliphatic rings. The Morgan fingerprint density at radius 1 is 1.71 bits per heavy atom. The molecule has 0 aliphatic heterocycles. The Hall–Kier alpha value is -0.980. The summed E-state index contributed by atoms with van der Waals surface area (Å²) in [5.41, 5.74) is 4.94. The zero-order chi connectivity index (χ0) is 12.9. The van der Waals surface area contributed by atoms with E-state index in [1.165, 1.54) is 11.3 Å². The molecule has 0 bridgehead atoms. The van der Waals surface area contributed by atoms with Crippen molar-refractivity contribution in [1.29, 1.82) is 0 Å². The van der Waals surface area contributed by atoms with E-state index in [4.69, 9.17) is 5.73 Å². The molecule has 0 aromatic carbocycles. The second-order valence-electron chi connectivity index (χ2n) is 4.20. The minimum atomic E-state index is -0.869. The Morgan fingerprint density at radius 2 is 2.41 bits per heavy atom. The van der Waals surface area contributed by atoms with Crippen molar-refractivity contribution < 1.29 is 9.90 Å². The third-order valence-electron chi connectivity index (χ3n) is 2.53. The number of hydrogen-bond acceptors (Lipinski definition) is 5. The third-order valence-corrected chi connectivity index (χ3v) is 3.44. The molecule has 1 unspecified atom stereocenters. The Kier molecular flexibility index (Phi) is 5.04. The highest BCUT2D eigenvalue weighted by atomic mass is 32.1. The third kappa shape index (κ3) is 4.41. The zero-order valence-electron chi connectivity index (χ0n) is 10.2. The molecule has 1 aromatic rings. The van der Waals surface area contributed by atoms with Crippen LogP contribution in [0.1, 0.15) is 35.8 Å². The number of carbonyl (C=O) groups excluding carboxylic acids is 1. The highest BCUT2D eigenvalue weighted by Gasteiger charge is 2.19. The molecule has 0 fully saturated rings. The number of nitrogens with two attached hydrogens (primary N) is 1. The SMILES string of the molecule is CCC(C)(O)CNC(=O)c1csc(CCN)n1. The fourth-order valence-electron chi connectivity index (χ4n) is 1.14. The number of hydrogen-bond donors (Lipinski definition) is 3. The Balaban J connectivity index is 2.52. The van der Waals surface area contributed by atoms with Gasteiger partial charge in [0.25, 0.3) is 5.91 Å². The normalized spacial score (nSPS) is 14.4. The standard InChI is InChI=1S/C11H19N3O2S/c1-3-11(2,16)7-13-10(15)8-6-17-9(14-8)4-5-12/h6,16H,3-5,7,12H2,1-2H3,(H,13,15). The maximum Gasteiger partial charge on any atom is 0.270 e. The van der Waals surface area contributed by atoms with Crippen molar-refractivity contribution in [3.8, 4) is 0 Å². The van der Waals surface area contributed by atoms with Crippen LogP contribution in [-0.4, -0.2) is 34.7 Å². The zero-order valence-corrected chi connectivity index (χ0v) is 11.0. The summed E-state index contributed by atoms with van der Waals surface area (Å²) < 4.78 is 0. The van der Waals surface area contributed by atoms with E-state index in [1.807, 2.05) is 6.92 Å². The maximum absolute atomic E-state index is 11.7. The van der Waals surface area contributed by atoms with E-state index in [-0.39, 0.29) is 12.5 Å². The summed E-state index contributed by atoms with van der Waals surface area (Å²) in [6.07, 6.45) is 1.27. The van der Waals surface area contributed by atoms with Crippen molar-refractivity contribution in [3.63, 3.8) is 0 Å². The second-order valence-corrected chi connectivity index (χ2v) is 5.14. The Labute approximate surface area is 105 Å². The van der Waals surface area contributed by atoms with Gasteiger partial charge in [-0.25, -0.2) is 4.98 Å². The van der Waals surface area contributed by atoms with Crippen molar-refractivity contribution in [2.24, 2.45) is 5.73 Å². The molecule has 4 N–H and O–H groups in total. The summed E-state index contributed by atoms with van der Waals surface area (Å²) in [5.74, 6) is -0.252. The van der Waals surface area contributed by atoms with E-state index in [0.717, 1.165) is 5.01 Å². The van der Waals surface area contributed by atoms with E-state index < -0.39 is 5.60 Å². The number of amides is 1. The molecular formula is C11H19N3O2S. The number of nitrogens with zero attached hydrogens (tertiary/aromatic N) is 1. The van der Waals surface area contributed by atoms with Gasteiger partial charge in [0.05, 0.1) is 10.6 Å². The van der Waals surface area contributed by atoms with Gasteiger partial charge in [0.1, 0.15) is 5.69 Å². The number of thiazole rings is 1. The van der Waals surface area contributed by atoms with E-state index in [9.17, 15) is 9.90 Å². The first-order chi connectivity index (χ1) is 7.98. The molecule has 17 heavy (non-hydrogen) atoms. The second kappa shape index (κ2) is 6.09. The van der Waals surface area contributed by atoms with Crippen LogP contribution in [0.5, 0.6) is 0 Å². The lowest BCUT2D eigenvalue weighted by molar-refractivity contribution is 0.0517. The lowest BCUT2D eigenvalue weighted by Gasteiger charge is -2.21. The summed E-state index contributed by atoms with van der Waals surface area (Å²) in [7, 11) is 0. The lowest BCUT2D eigenvalue weighted by Crippen LogP contribution is -2.40. The fourth-order valence-corrected chi connectivity index (χ4v) is 1.93. The predicted octanol–water partition coefficient (Wildman–Crippen LogP) is 0.535. The van der Waals surface area contributed by atoms with Crippen molar-refractivity contribution in [3.05, 3.63) is 16.1 Å². The topological polar surface area (TPSA) is 88.2 Å². The van der Waals surface area contributed by atoms with E-state index in [2.05, 4.69) is 10.3 Å². The van der Waals surface area contributed by atoms with Gasteiger partial charge in [-0.2, -0.15) is 0 Å². The van der Waals surface area contributed by atoms with Crippen LogP contribution in [0.2, 0.25) is 0 Å². The summed E-state index contributed by atoms with van der Waals surface area (Å²) in [6.45, 7) is 4.31. The summed E-state index contributed by atoms with van der Waals surface area (Å²) in [6, 6.07) is 0. The van der Waals surface area contributed by atoms with Gasteiger partial charge in [-0.05, 0) is 19.9 Å². The van der Waals surface area contributed by atoms with Gasteiger partial charge >= 0.3 is 0 Å². The predicted molar refractivity (Wildman–Crippen MR) is 68.1 cm³/mol. The molecule has 1 atom stereocenters. The highest BCUT2D eigenvalue weighted by molar-refractivity contribution is 7.09. The van der Waals surface area contributed by atoms with Crippen LogP contribution in [-0.2, 0) is 6.42 Å². The van der Waals surface area contributed by atoms with Crippen LogP contribution in [0.3, 0.4) is 0 Å². The molecule has 0 saturated heterocycles. The number of aromatic nitrogens is 1. The van der Waals surface area contributed by atoms with Gasteiger partial charge in [-0.3, -0.25) is 4.79 Å². The van der Waals surface area contributed by atoms with Gasteiger partial charge in [0.2, 0.25) is 0 Å². The molecule has 0 spiro atoms. The van der Waals surface area contributed by atoms with E-state index >= 15 is 0 Å². The molecule has 0 aliphatic carbocycles. The minimum Gasteiger partial charge on any atom is -0.388 e. The molecule has 1 rings (SSSR count). The van der Waals surface area contributed by atoms with Gasteiger partial charge in [0, 0.05) is 18.3 Å². The van der Waals surface area contributed by atoms with Gasteiger partial charge < -0.3 is 16.2 Å². The first-order valence-electron chi connectivity index (χ1n) is 5.63. The summed E-state index contributed by atoms with van der Waals surface area (Å²) in [4.78, 5) is 15.9. The van der Waals surface area contributed by atoms with E-state index in [1.54, 1.807) is 12.3 Å². The van der Waals surface area contributed by atoms with Gasteiger partial charge in [-0.15, -0.1) is 11.3 Å². The smallest absolute Gasteiger partial charge is 0.270 e. The number of carbonyl (C=O) groups is 1. The molecule has 0 radical (unpaired) electrons. The minimum absolute atomic E-state index is 0.228. The van der Waals surface area contributed by atoms with Gasteiger partial charge in [0.15, 0.2) is 0 Å². The highest BCUT2D eigenvalue weighted by Crippen LogP contribution is 2.11. The average Bonchev–Trinajstić information content (AvgIpc) is 2.75. The molecule has 96 valence electrons. The first kappa shape index (κ1) is 14.1. The fraction of sp³-hybridized carbons (Fsp3) is 0.636. The van der Waals surface area contributed by atoms with Crippen molar-refractivity contribution >= 4 is 17.2 Å². The molecule has 1 heterocycles. The first-order valence-corrected chi connectivity index (χ1v) is 6.51. The van der Waals surface area contributed by atoms with E-state index in [0.29, 0.717) is 25.1 Å². The molecule has 1 aromatic heterocycles.